The molecule has 5 rings (SSSR count). The summed E-state index contributed by atoms with van der Waals surface area (Å²) < 4.78 is 2.34. The van der Waals surface area contributed by atoms with Gasteiger partial charge in [0.15, 0.2) is 11.0 Å². The van der Waals surface area contributed by atoms with Crippen molar-refractivity contribution in [1.82, 2.24) is 19.7 Å². The molecule has 5 heteroatoms. The van der Waals surface area contributed by atoms with Gasteiger partial charge in [-0.2, -0.15) is 0 Å². The summed E-state index contributed by atoms with van der Waals surface area (Å²) in [5, 5.41) is 11.3. The molecule has 0 unspecified atom stereocenters. The lowest BCUT2D eigenvalue weighted by atomic mass is 10.1. The first-order valence-electron chi connectivity index (χ1n) is 8.99. The van der Waals surface area contributed by atoms with E-state index < -0.39 is 0 Å². The highest BCUT2D eigenvalue weighted by atomic mass is 32.2. The molecule has 0 amide bonds. The molecule has 130 valence electrons. The van der Waals surface area contributed by atoms with Crippen molar-refractivity contribution in [2.45, 2.75) is 36.7 Å². The number of nitrogens with zero attached hydrogens (tertiary/aromatic N) is 3. The second-order valence-electron chi connectivity index (χ2n) is 6.93. The lowest BCUT2D eigenvalue weighted by Crippen LogP contribution is -1.99. The number of H-pyrrole nitrogens is 1. The van der Waals surface area contributed by atoms with Gasteiger partial charge in [0.2, 0.25) is 0 Å². The van der Waals surface area contributed by atoms with E-state index in [0.717, 1.165) is 27.8 Å². The summed E-state index contributed by atoms with van der Waals surface area (Å²) >= 11 is 1.78. The third-order valence-electron chi connectivity index (χ3n) is 4.90. The summed E-state index contributed by atoms with van der Waals surface area (Å²) in [6.07, 6.45) is 4.49. The second kappa shape index (κ2) is 6.32. The summed E-state index contributed by atoms with van der Waals surface area (Å²) in [6, 6.07) is 17.6. The number of aryl methyl sites for hydroxylation is 1. The fraction of sp³-hybridized carbons (Fsp3) is 0.238. The number of nitrogens with one attached hydrogen (secondary N) is 1. The minimum absolute atomic E-state index is 0.536. The van der Waals surface area contributed by atoms with Gasteiger partial charge in [0.1, 0.15) is 0 Å². The highest BCUT2D eigenvalue weighted by Gasteiger charge is 2.30. The van der Waals surface area contributed by atoms with Crippen LogP contribution in [0.5, 0.6) is 0 Å². The molecular weight excluding hydrogens is 340 g/mol. The van der Waals surface area contributed by atoms with Gasteiger partial charge in [-0.25, -0.2) is 0 Å². The Hall–Kier alpha value is -2.53. The second-order valence-corrected chi connectivity index (χ2v) is 7.87. The molecule has 0 bridgehead atoms. The molecule has 1 saturated carbocycles. The summed E-state index contributed by atoms with van der Waals surface area (Å²) in [7, 11) is 0. The van der Waals surface area contributed by atoms with Crippen LogP contribution in [0.4, 0.5) is 0 Å². The van der Waals surface area contributed by atoms with Crippen LogP contribution in [0.25, 0.3) is 22.3 Å². The molecule has 0 aliphatic heterocycles. The maximum Gasteiger partial charge on any atom is 0.192 e. The van der Waals surface area contributed by atoms with Crippen LogP contribution in [0.15, 0.2) is 59.9 Å². The van der Waals surface area contributed by atoms with E-state index in [2.05, 4.69) is 81.4 Å². The number of thioether (sulfide) groups is 1. The zero-order chi connectivity index (χ0) is 17.5. The van der Waals surface area contributed by atoms with Crippen molar-refractivity contribution >= 4 is 22.7 Å². The predicted molar refractivity (Wildman–Crippen MR) is 106 cm³/mol. The molecule has 0 spiro atoms. The zero-order valence-corrected chi connectivity index (χ0v) is 15.5. The van der Waals surface area contributed by atoms with Crippen molar-refractivity contribution in [3.05, 3.63) is 65.9 Å². The van der Waals surface area contributed by atoms with Crippen LogP contribution in [0.2, 0.25) is 0 Å². The first kappa shape index (κ1) is 15.7. The molecule has 1 aliphatic carbocycles. The Balaban J connectivity index is 1.49. The van der Waals surface area contributed by atoms with Crippen LogP contribution < -0.4 is 0 Å². The van der Waals surface area contributed by atoms with Crippen LogP contribution in [-0.4, -0.2) is 19.7 Å². The molecule has 26 heavy (non-hydrogen) atoms. The van der Waals surface area contributed by atoms with Gasteiger partial charge in [-0.3, -0.25) is 4.57 Å². The Labute approximate surface area is 156 Å². The average molecular weight is 360 g/mol. The van der Waals surface area contributed by atoms with E-state index in [4.69, 9.17) is 0 Å². The molecular formula is C21H20N4S. The number of fused-ring (bicyclic) bond motifs is 1. The van der Waals surface area contributed by atoms with Gasteiger partial charge in [0, 0.05) is 34.5 Å². The zero-order valence-electron chi connectivity index (χ0n) is 14.6. The van der Waals surface area contributed by atoms with Crippen molar-refractivity contribution in [2.24, 2.45) is 0 Å². The highest BCUT2D eigenvalue weighted by Crippen LogP contribution is 2.42. The summed E-state index contributed by atoms with van der Waals surface area (Å²) in [5.74, 6) is 1.90. The van der Waals surface area contributed by atoms with E-state index in [1.807, 2.05) is 0 Å². The van der Waals surface area contributed by atoms with E-state index in [9.17, 15) is 0 Å². The number of aromatic amines is 1. The Bertz CT molecular complexity index is 1060. The van der Waals surface area contributed by atoms with Crippen LogP contribution in [0.1, 0.15) is 30.0 Å². The lowest BCUT2D eigenvalue weighted by Gasteiger charge is -2.08. The Morgan fingerprint density at radius 1 is 1.08 bits per heavy atom. The third-order valence-corrected chi connectivity index (χ3v) is 5.91. The fourth-order valence-corrected chi connectivity index (χ4v) is 4.27. The summed E-state index contributed by atoms with van der Waals surface area (Å²) in [5.41, 5.74) is 4.89. The molecule has 2 aromatic heterocycles. The molecule has 0 radical (unpaired) electrons. The normalized spacial score (nSPS) is 14.2. The molecule has 1 fully saturated rings. The van der Waals surface area contributed by atoms with Crippen LogP contribution in [0, 0.1) is 6.92 Å². The van der Waals surface area contributed by atoms with Gasteiger partial charge < -0.3 is 4.98 Å². The van der Waals surface area contributed by atoms with Crippen molar-refractivity contribution in [3.63, 3.8) is 0 Å². The van der Waals surface area contributed by atoms with Crippen LogP contribution in [-0.2, 0) is 5.75 Å². The van der Waals surface area contributed by atoms with Gasteiger partial charge in [-0.15, -0.1) is 10.2 Å². The quantitative estimate of drug-likeness (QED) is 0.487. The Morgan fingerprint density at radius 2 is 1.88 bits per heavy atom. The molecule has 2 heterocycles. The molecule has 2 aromatic carbocycles. The van der Waals surface area contributed by atoms with Gasteiger partial charge in [-0.05, 0) is 31.4 Å². The minimum Gasteiger partial charge on any atom is -0.360 e. The van der Waals surface area contributed by atoms with E-state index >= 15 is 0 Å². The Kier molecular flexibility index (Phi) is 3.82. The molecule has 0 atom stereocenters. The molecule has 4 nitrogen and oxygen atoms in total. The van der Waals surface area contributed by atoms with Gasteiger partial charge in [0.05, 0.1) is 0 Å². The molecule has 1 N–H and O–H groups in total. The van der Waals surface area contributed by atoms with Gasteiger partial charge in [-0.1, -0.05) is 59.8 Å². The molecule has 1 aliphatic rings. The lowest BCUT2D eigenvalue weighted by molar-refractivity contribution is 0.669. The van der Waals surface area contributed by atoms with Crippen molar-refractivity contribution < 1.29 is 0 Å². The Morgan fingerprint density at radius 3 is 2.69 bits per heavy atom. The molecule has 4 aromatic rings. The van der Waals surface area contributed by atoms with Crippen LogP contribution >= 0.6 is 11.8 Å². The van der Waals surface area contributed by atoms with Gasteiger partial charge in [0.25, 0.3) is 0 Å². The van der Waals surface area contributed by atoms with Crippen LogP contribution in [0.3, 0.4) is 0 Å². The largest absolute Gasteiger partial charge is 0.360 e. The summed E-state index contributed by atoms with van der Waals surface area (Å²) in [4.78, 5) is 3.36. The number of hydrogen-bond donors (Lipinski definition) is 1. The van der Waals surface area contributed by atoms with Crippen molar-refractivity contribution in [3.8, 4) is 11.4 Å². The van der Waals surface area contributed by atoms with E-state index in [1.54, 1.807) is 11.8 Å². The van der Waals surface area contributed by atoms with Crippen molar-refractivity contribution in [2.75, 3.05) is 0 Å². The number of rotatable bonds is 5. The maximum atomic E-state index is 4.57. The molecule has 0 saturated heterocycles. The number of para-hydroxylation sites is 1. The third kappa shape index (κ3) is 2.82. The first-order valence-corrected chi connectivity index (χ1v) is 9.98. The fourth-order valence-electron chi connectivity index (χ4n) is 3.31. The monoisotopic (exact) mass is 360 g/mol. The van der Waals surface area contributed by atoms with E-state index in [0.29, 0.717) is 6.04 Å². The number of hydrogen-bond acceptors (Lipinski definition) is 3. The standard InChI is InChI=1S/C21H20N4S/c1-14-6-8-15(9-7-14)13-26-21-24-23-20(25(21)16-10-11-16)18-12-22-19-5-3-2-4-17(18)19/h2-9,12,16,22H,10-11,13H2,1H3. The number of benzene rings is 2. The minimum atomic E-state index is 0.536. The topological polar surface area (TPSA) is 46.5 Å². The highest BCUT2D eigenvalue weighted by molar-refractivity contribution is 7.98. The smallest absolute Gasteiger partial charge is 0.192 e. The number of aromatic nitrogens is 4. The SMILES string of the molecule is Cc1ccc(CSc2nnc(-c3c[nH]c4ccccc34)n2C2CC2)cc1. The average Bonchev–Trinajstić information content (AvgIpc) is 3.28. The first-order chi connectivity index (χ1) is 12.8. The van der Waals surface area contributed by atoms with E-state index in [1.165, 1.54) is 29.4 Å². The maximum absolute atomic E-state index is 4.57. The van der Waals surface area contributed by atoms with Gasteiger partial charge >= 0.3 is 0 Å². The predicted octanol–water partition coefficient (Wildman–Crippen LogP) is 5.36. The van der Waals surface area contributed by atoms with E-state index in [-0.39, 0.29) is 0 Å². The summed E-state index contributed by atoms with van der Waals surface area (Å²) in [6.45, 7) is 2.12. The van der Waals surface area contributed by atoms with Crippen molar-refractivity contribution in [1.29, 1.82) is 0 Å².